The molecule has 1 aromatic heterocycles. The number of rotatable bonds is 1. The SMILES string of the molecule is c1cnc(N2CCC2)nn1. The van der Waals surface area contributed by atoms with Gasteiger partial charge in [0.25, 0.3) is 0 Å². The first-order valence-electron chi connectivity index (χ1n) is 3.35. The molecule has 1 saturated heterocycles. The Morgan fingerprint density at radius 3 is 2.70 bits per heavy atom. The molecule has 0 bridgehead atoms. The molecular formula is C6H8N4. The molecule has 1 aliphatic heterocycles. The summed E-state index contributed by atoms with van der Waals surface area (Å²) < 4.78 is 0. The van der Waals surface area contributed by atoms with Crippen LogP contribution in [0, 0.1) is 0 Å². The minimum atomic E-state index is 0.758. The van der Waals surface area contributed by atoms with Crippen LogP contribution in [-0.2, 0) is 0 Å². The first kappa shape index (κ1) is 5.58. The van der Waals surface area contributed by atoms with Crippen molar-refractivity contribution in [2.45, 2.75) is 6.42 Å². The van der Waals surface area contributed by atoms with Crippen LogP contribution in [0.4, 0.5) is 5.95 Å². The Morgan fingerprint density at radius 1 is 1.30 bits per heavy atom. The Kier molecular flexibility index (Phi) is 1.23. The molecule has 0 aromatic carbocycles. The molecule has 2 heterocycles. The Labute approximate surface area is 58.9 Å². The summed E-state index contributed by atoms with van der Waals surface area (Å²) in [6.07, 6.45) is 4.50. The van der Waals surface area contributed by atoms with Gasteiger partial charge in [-0.25, -0.2) is 4.98 Å². The van der Waals surface area contributed by atoms with Crippen LogP contribution in [0.5, 0.6) is 0 Å². The molecular weight excluding hydrogens is 128 g/mol. The van der Waals surface area contributed by atoms with Crippen molar-refractivity contribution in [3.8, 4) is 0 Å². The van der Waals surface area contributed by atoms with E-state index in [9.17, 15) is 0 Å². The normalized spacial score (nSPS) is 16.6. The minimum absolute atomic E-state index is 0.758. The zero-order valence-electron chi connectivity index (χ0n) is 5.56. The molecule has 1 fully saturated rings. The number of aromatic nitrogens is 3. The van der Waals surface area contributed by atoms with E-state index < -0.39 is 0 Å². The Hall–Kier alpha value is -1.19. The standard InChI is InChI=1S/C6H8N4/c1-4-10(5-1)6-7-2-3-8-9-6/h2-3H,1,4-5H2. The molecule has 0 N–H and O–H groups in total. The van der Waals surface area contributed by atoms with Crippen molar-refractivity contribution in [3.05, 3.63) is 12.4 Å². The molecule has 10 heavy (non-hydrogen) atoms. The van der Waals surface area contributed by atoms with Crippen LogP contribution >= 0.6 is 0 Å². The summed E-state index contributed by atoms with van der Waals surface area (Å²) in [5.41, 5.74) is 0. The molecule has 0 spiro atoms. The van der Waals surface area contributed by atoms with Crippen LogP contribution in [0.3, 0.4) is 0 Å². The fourth-order valence-electron chi connectivity index (χ4n) is 0.902. The molecule has 4 nitrogen and oxygen atoms in total. The second-order valence-corrected chi connectivity index (χ2v) is 2.28. The number of anilines is 1. The highest BCUT2D eigenvalue weighted by molar-refractivity contribution is 5.29. The zero-order chi connectivity index (χ0) is 6.81. The van der Waals surface area contributed by atoms with Gasteiger partial charge in [-0.3, -0.25) is 0 Å². The molecule has 1 aromatic rings. The summed E-state index contributed by atoms with van der Waals surface area (Å²) in [6.45, 7) is 2.15. The smallest absolute Gasteiger partial charge is 0.245 e. The third kappa shape index (κ3) is 0.814. The van der Waals surface area contributed by atoms with Gasteiger partial charge in [-0.15, -0.1) is 5.10 Å². The van der Waals surface area contributed by atoms with E-state index in [1.165, 1.54) is 6.42 Å². The average Bonchev–Trinajstić information content (AvgIpc) is 1.86. The van der Waals surface area contributed by atoms with E-state index in [0.29, 0.717) is 0 Å². The van der Waals surface area contributed by atoms with Crippen molar-refractivity contribution in [2.75, 3.05) is 18.0 Å². The molecule has 1 aliphatic rings. The second kappa shape index (κ2) is 2.21. The molecule has 0 atom stereocenters. The van der Waals surface area contributed by atoms with Crippen molar-refractivity contribution in [1.29, 1.82) is 0 Å². The highest BCUT2D eigenvalue weighted by atomic mass is 15.3. The minimum Gasteiger partial charge on any atom is -0.339 e. The van der Waals surface area contributed by atoms with Gasteiger partial charge in [0, 0.05) is 13.1 Å². The molecule has 0 saturated carbocycles. The third-order valence-corrected chi connectivity index (χ3v) is 1.61. The van der Waals surface area contributed by atoms with E-state index in [1.807, 2.05) is 0 Å². The maximum absolute atomic E-state index is 4.05. The van der Waals surface area contributed by atoms with Gasteiger partial charge in [0.15, 0.2) is 0 Å². The Bertz CT molecular complexity index is 206. The van der Waals surface area contributed by atoms with E-state index in [2.05, 4.69) is 20.1 Å². The van der Waals surface area contributed by atoms with Crippen LogP contribution in [-0.4, -0.2) is 28.3 Å². The lowest BCUT2D eigenvalue weighted by Gasteiger charge is -2.29. The fraction of sp³-hybridized carbons (Fsp3) is 0.500. The summed E-state index contributed by atoms with van der Waals surface area (Å²) in [4.78, 5) is 6.16. The van der Waals surface area contributed by atoms with E-state index in [-0.39, 0.29) is 0 Å². The highest BCUT2D eigenvalue weighted by Crippen LogP contribution is 2.12. The van der Waals surface area contributed by atoms with Crippen LogP contribution in [0.2, 0.25) is 0 Å². The van der Waals surface area contributed by atoms with Gasteiger partial charge in [0.1, 0.15) is 0 Å². The number of nitrogens with zero attached hydrogens (tertiary/aromatic N) is 4. The maximum Gasteiger partial charge on any atom is 0.245 e. The van der Waals surface area contributed by atoms with Crippen molar-refractivity contribution in [3.63, 3.8) is 0 Å². The molecule has 52 valence electrons. The molecule has 0 amide bonds. The fourth-order valence-corrected chi connectivity index (χ4v) is 0.902. The molecule has 4 heteroatoms. The lowest BCUT2D eigenvalue weighted by molar-refractivity contribution is 0.594. The lowest BCUT2D eigenvalue weighted by atomic mass is 10.2. The molecule has 0 radical (unpaired) electrons. The van der Waals surface area contributed by atoms with E-state index in [4.69, 9.17) is 0 Å². The van der Waals surface area contributed by atoms with Gasteiger partial charge in [-0.1, -0.05) is 0 Å². The summed E-state index contributed by atoms with van der Waals surface area (Å²) in [5.74, 6) is 0.758. The molecule has 2 rings (SSSR count). The monoisotopic (exact) mass is 136 g/mol. The summed E-state index contributed by atoms with van der Waals surface area (Å²) in [5, 5.41) is 7.60. The van der Waals surface area contributed by atoms with Gasteiger partial charge >= 0.3 is 0 Å². The zero-order valence-corrected chi connectivity index (χ0v) is 5.56. The van der Waals surface area contributed by atoms with E-state index in [1.54, 1.807) is 12.4 Å². The Morgan fingerprint density at radius 2 is 2.20 bits per heavy atom. The lowest BCUT2D eigenvalue weighted by Crippen LogP contribution is -2.38. The van der Waals surface area contributed by atoms with Gasteiger partial charge in [0.2, 0.25) is 5.95 Å². The van der Waals surface area contributed by atoms with Crippen molar-refractivity contribution in [1.82, 2.24) is 15.2 Å². The van der Waals surface area contributed by atoms with Crippen molar-refractivity contribution < 1.29 is 0 Å². The van der Waals surface area contributed by atoms with Crippen LogP contribution < -0.4 is 4.90 Å². The second-order valence-electron chi connectivity index (χ2n) is 2.28. The Balaban J connectivity index is 2.18. The predicted octanol–water partition coefficient (Wildman–Crippen LogP) is 0.0817. The third-order valence-electron chi connectivity index (χ3n) is 1.61. The van der Waals surface area contributed by atoms with Crippen LogP contribution in [0.1, 0.15) is 6.42 Å². The molecule has 0 unspecified atom stereocenters. The quantitative estimate of drug-likeness (QED) is 0.548. The average molecular weight is 136 g/mol. The van der Waals surface area contributed by atoms with Gasteiger partial charge in [0.05, 0.1) is 12.4 Å². The topological polar surface area (TPSA) is 41.9 Å². The predicted molar refractivity (Wildman–Crippen MR) is 36.7 cm³/mol. The summed E-state index contributed by atoms with van der Waals surface area (Å²) in [7, 11) is 0. The van der Waals surface area contributed by atoms with Crippen molar-refractivity contribution in [2.24, 2.45) is 0 Å². The van der Waals surface area contributed by atoms with E-state index >= 15 is 0 Å². The maximum atomic E-state index is 4.05. The number of hydrogen-bond donors (Lipinski definition) is 0. The number of hydrogen-bond acceptors (Lipinski definition) is 4. The van der Waals surface area contributed by atoms with Crippen molar-refractivity contribution >= 4 is 5.95 Å². The van der Waals surface area contributed by atoms with Gasteiger partial charge in [-0.05, 0) is 6.42 Å². The van der Waals surface area contributed by atoms with Gasteiger partial charge < -0.3 is 4.90 Å². The van der Waals surface area contributed by atoms with Crippen LogP contribution in [0.25, 0.3) is 0 Å². The first-order chi connectivity index (χ1) is 4.97. The largest absolute Gasteiger partial charge is 0.339 e. The summed E-state index contributed by atoms with van der Waals surface area (Å²) in [6, 6.07) is 0. The molecule has 0 aliphatic carbocycles. The van der Waals surface area contributed by atoms with Gasteiger partial charge in [-0.2, -0.15) is 5.10 Å². The first-order valence-corrected chi connectivity index (χ1v) is 3.35. The summed E-state index contributed by atoms with van der Waals surface area (Å²) >= 11 is 0. The highest BCUT2D eigenvalue weighted by Gasteiger charge is 2.16. The van der Waals surface area contributed by atoms with Crippen LogP contribution in [0.15, 0.2) is 12.4 Å². The van der Waals surface area contributed by atoms with E-state index in [0.717, 1.165) is 19.0 Å².